The van der Waals surface area contributed by atoms with Gasteiger partial charge in [0, 0.05) is 12.6 Å². The van der Waals surface area contributed by atoms with Crippen LogP contribution in [0.3, 0.4) is 0 Å². The number of hydrogen-bond donors (Lipinski definition) is 1. The van der Waals surface area contributed by atoms with Crippen molar-refractivity contribution in [3.63, 3.8) is 0 Å². The minimum absolute atomic E-state index is 0.145. The maximum Gasteiger partial charge on any atom is 0.351 e. The van der Waals surface area contributed by atoms with Gasteiger partial charge < -0.3 is 19.3 Å². The molecule has 1 aromatic heterocycles. The highest BCUT2D eigenvalue weighted by molar-refractivity contribution is 5.69. The van der Waals surface area contributed by atoms with Crippen molar-refractivity contribution in [2.75, 3.05) is 26.4 Å². The third kappa shape index (κ3) is 4.23. The van der Waals surface area contributed by atoms with Crippen molar-refractivity contribution in [2.24, 2.45) is 0 Å². The molecule has 1 aromatic rings. The molecule has 2 atom stereocenters. The summed E-state index contributed by atoms with van der Waals surface area (Å²) in [5.74, 6) is 0.298. The Morgan fingerprint density at radius 3 is 3.04 bits per heavy atom. The average molecular weight is 362 g/mol. The monoisotopic (exact) mass is 362 g/mol. The molecule has 0 spiro atoms. The Morgan fingerprint density at radius 1 is 1.54 bits per heavy atom. The van der Waals surface area contributed by atoms with E-state index >= 15 is 0 Å². The molecule has 7 heteroatoms. The van der Waals surface area contributed by atoms with Crippen LogP contribution in [-0.4, -0.2) is 53.3 Å². The average Bonchev–Trinajstić information content (AvgIpc) is 2.63. The fourth-order valence-electron chi connectivity index (χ4n) is 3.06. The maximum absolute atomic E-state index is 12.4. The number of aromatic nitrogens is 2. The highest BCUT2D eigenvalue weighted by Crippen LogP contribution is 2.28. The van der Waals surface area contributed by atoms with E-state index in [-0.39, 0.29) is 11.8 Å². The van der Waals surface area contributed by atoms with Gasteiger partial charge in [0.1, 0.15) is 12.7 Å². The topological polar surface area (TPSA) is 82.8 Å². The Labute approximate surface area is 152 Å². The zero-order valence-corrected chi connectivity index (χ0v) is 15.5. The Hall–Kier alpha value is -1.96. The summed E-state index contributed by atoms with van der Waals surface area (Å²) < 4.78 is 18.2. The van der Waals surface area contributed by atoms with Crippen LogP contribution in [0.25, 0.3) is 5.57 Å². The van der Waals surface area contributed by atoms with Gasteiger partial charge in [0.2, 0.25) is 5.88 Å². The molecule has 0 radical (unpaired) electrons. The van der Waals surface area contributed by atoms with Gasteiger partial charge in [0.05, 0.1) is 31.6 Å². The van der Waals surface area contributed by atoms with Crippen molar-refractivity contribution in [2.45, 2.75) is 45.9 Å². The Kier molecular flexibility index (Phi) is 5.90. The van der Waals surface area contributed by atoms with Crippen LogP contribution < -0.4 is 10.4 Å². The lowest BCUT2D eigenvalue weighted by Crippen LogP contribution is -2.34. The number of aliphatic hydroxyl groups excluding tert-OH is 1. The van der Waals surface area contributed by atoms with Gasteiger partial charge in [-0.2, -0.15) is 4.98 Å². The van der Waals surface area contributed by atoms with Crippen LogP contribution in [0.15, 0.2) is 28.1 Å². The van der Waals surface area contributed by atoms with Crippen LogP contribution in [0.2, 0.25) is 0 Å². The van der Waals surface area contributed by atoms with E-state index in [0.29, 0.717) is 38.9 Å². The van der Waals surface area contributed by atoms with Gasteiger partial charge in [-0.1, -0.05) is 6.08 Å². The summed E-state index contributed by atoms with van der Waals surface area (Å²) in [6.45, 7) is 8.12. The minimum atomic E-state index is -0.492. The molecule has 1 saturated heterocycles. The first-order chi connectivity index (χ1) is 12.5. The lowest BCUT2D eigenvalue weighted by molar-refractivity contribution is -0.102. The summed E-state index contributed by atoms with van der Waals surface area (Å²) in [6, 6.07) is 1.80. The van der Waals surface area contributed by atoms with Crippen molar-refractivity contribution >= 4 is 5.57 Å². The summed E-state index contributed by atoms with van der Waals surface area (Å²) in [5.41, 5.74) is 3.50. The highest BCUT2D eigenvalue weighted by Gasteiger charge is 2.20. The van der Waals surface area contributed by atoms with Gasteiger partial charge in [-0.3, -0.25) is 4.57 Å². The lowest BCUT2D eigenvalue weighted by atomic mass is 9.96. The minimum Gasteiger partial charge on any atom is -0.475 e. The summed E-state index contributed by atoms with van der Waals surface area (Å²) in [6.07, 6.45) is 2.10. The van der Waals surface area contributed by atoms with Crippen molar-refractivity contribution in [1.29, 1.82) is 0 Å². The maximum atomic E-state index is 12.4. The van der Waals surface area contributed by atoms with Crippen LogP contribution in [0.1, 0.15) is 32.9 Å². The number of ether oxygens (including phenoxy) is 3. The highest BCUT2D eigenvalue weighted by atomic mass is 16.6. The zero-order valence-electron chi connectivity index (χ0n) is 15.5. The molecule has 1 N–H and O–H groups in total. The van der Waals surface area contributed by atoms with E-state index < -0.39 is 6.10 Å². The van der Waals surface area contributed by atoms with E-state index in [1.54, 1.807) is 17.6 Å². The molecule has 0 aliphatic carbocycles. The molecule has 2 aliphatic heterocycles. The fourth-order valence-corrected chi connectivity index (χ4v) is 3.06. The third-order valence-electron chi connectivity index (χ3n) is 4.82. The lowest BCUT2D eigenvalue weighted by Gasteiger charge is -2.24. The second-order valence-electron chi connectivity index (χ2n) is 6.76. The van der Waals surface area contributed by atoms with E-state index in [1.165, 1.54) is 0 Å². The molecule has 142 valence electrons. The molecule has 2 aliphatic rings. The second kappa shape index (κ2) is 8.16. The first-order valence-electron chi connectivity index (χ1n) is 8.96. The van der Waals surface area contributed by atoms with Gasteiger partial charge in [0.15, 0.2) is 0 Å². The Morgan fingerprint density at radius 2 is 2.35 bits per heavy atom. The second-order valence-corrected chi connectivity index (χ2v) is 6.76. The number of allylic oxidation sites excluding steroid dienone is 3. The van der Waals surface area contributed by atoms with Crippen molar-refractivity contribution in [3.8, 4) is 5.88 Å². The van der Waals surface area contributed by atoms with Crippen LogP contribution in [0, 0.1) is 0 Å². The first kappa shape index (κ1) is 18.8. The molecule has 0 aromatic carbocycles. The number of nitrogens with zero attached hydrogens (tertiary/aromatic N) is 2. The fraction of sp³-hybridized carbons (Fsp3) is 0.579. The molecule has 0 amide bonds. The van der Waals surface area contributed by atoms with Crippen molar-refractivity contribution in [3.05, 3.63) is 39.5 Å². The molecule has 26 heavy (non-hydrogen) atoms. The van der Waals surface area contributed by atoms with Gasteiger partial charge in [-0.15, -0.1) is 0 Å². The molecular weight excluding hydrogens is 336 g/mol. The van der Waals surface area contributed by atoms with E-state index in [4.69, 9.17) is 14.2 Å². The molecule has 1 fully saturated rings. The quantitative estimate of drug-likeness (QED) is 0.856. The molecular formula is C19H26N2O5. The van der Waals surface area contributed by atoms with Crippen LogP contribution in [0.5, 0.6) is 5.88 Å². The first-order valence-corrected chi connectivity index (χ1v) is 8.96. The molecule has 0 saturated carbocycles. The normalized spacial score (nSPS) is 22.2. The van der Waals surface area contributed by atoms with Crippen LogP contribution in [-0.2, 0) is 16.0 Å². The SMILES string of the molecule is CC(=CC1=C(C)c2cc(OCC3COCCO3)nc(=O)n2CC1)C(C)O. The standard InChI is InChI=1S/C19H26N2O5/c1-12(14(3)22)8-15-4-5-21-17(13(15)2)9-18(20-19(21)23)26-11-16-10-24-6-7-25-16/h8-9,14,16,22H,4-7,10-11H2,1-3H3. The van der Waals surface area contributed by atoms with Crippen molar-refractivity contribution in [1.82, 2.24) is 9.55 Å². The Balaban J connectivity index is 1.84. The summed E-state index contributed by atoms with van der Waals surface area (Å²) in [5, 5.41) is 9.72. The van der Waals surface area contributed by atoms with E-state index in [2.05, 4.69) is 4.98 Å². The molecule has 0 bridgehead atoms. The predicted molar refractivity (Wildman–Crippen MR) is 97.2 cm³/mol. The van der Waals surface area contributed by atoms with Crippen LogP contribution in [0.4, 0.5) is 0 Å². The summed E-state index contributed by atoms with van der Waals surface area (Å²) >= 11 is 0. The summed E-state index contributed by atoms with van der Waals surface area (Å²) in [4.78, 5) is 16.4. The van der Waals surface area contributed by atoms with E-state index in [9.17, 15) is 9.90 Å². The number of aliphatic hydroxyl groups is 1. The molecule has 2 unspecified atom stereocenters. The smallest absolute Gasteiger partial charge is 0.351 e. The predicted octanol–water partition coefficient (Wildman–Crippen LogP) is 1.54. The van der Waals surface area contributed by atoms with Gasteiger partial charge in [-0.25, -0.2) is 4.79 Å². The van der Waals surface area contributed by atoms with Gasteiger partial charge >= 0.3 is 5.69 Å². The van der Waals surface area contributed by atoms with Gasteiger partial charge in [0.25, 0.3) is 0 Å². The summed E-state index contributed by atoms with van der Waals surface area (Å²) in [7, 11) is 0. The van der Waals surface area contributed by atoms with Crippen LogP contribution >= 0.6 is 0 Å². The van der Waals surface area contributed by atoms with E-state index in [0.717, 1.165) is 28.8 Å². The number of fused-ring (bicyclic) bond motifs is 1. The van der Waals surface area contributed by atoms with Crippen molar-refractivity contribution < 1.29 is 19.3 Å². The number of hydrogen-bond acceptors (Lipinski definition) is 6. The Bertz CT molecular complexity index is 773. The molecule has 7 nitrogen and oxygen atoms in total. The molecule has 3 heterocycles. The third-order valence-corrected chi connectivity index (χ3v) is 4.82. The van der Waals surface area contributed by atoms with E-state index in [1.807, 2.05) is 19.9 Å². The largest absolute Gasteiger partial charge is 0.475 e. The zero-order chi connectivity index (χ0) is 18.7. The molecule has 3 rings (SSSR count). The van der Waals surface area contributed by atoms with Gasteiger partial charge in [-0.05, 0) is 43.9 Å². The number of rotatable bonds is 5.